The molecule has 0 aromatic carbocycles. The second-order valence-electron chi connectivity index (χ2n) is 5.75. The lowest BCUT2D eigenvalue weighted by Crippen LogP contribution is -2.47. The number of hydrogen-bond donors (Lipinski definition) is 2. The van der Waals surface area contributed by atoms with Crippen molar-refractivity contribution in [2.45, 2.75) is 32.4 Å². The molecule has 5 heteroatoms. The molecule has 2 rings (SSSR count). The molecule has 2 aromatic heterocycles. The third-order valence-corrected chi connectivity index (χ3v) is 3.40. The second kappa shape index (κ2) is 7.03. The molecular formula is C18H19N3O2. The number of carbonyl (C=O) groups is 1. The molecule has 2 heterocycles. The Morgan fingerprint density at radius 2 is 2.00 bits per heavy atom. The molecule has 0 aliphatic carbocycles. The monoisotopic (exact) mass is 309 g/mol. The average molecular weight is 309 g/mol. The van der Waals surface area contributed by atoms with E-state index in [1.807, 2.05) is 18.2 Å². The fourth-order valence-corrected chi connectivity index (χ4v) is 1.62. The Hall–Kier alpha value is -2.71. The Morgan fingerprint density at radius 3 is 2.57 bits per heavy atom. The van der Waals surface area contributed by atoms with E-state index < -0.39 is 5.60 Å². The van der Waals surface area contributed by atoms with Gasteiger partial charge in [-0.05, 0) is 51.0 Å². The summed E-state index contributed by atoms with van der Waals surface area (Å²) >= 11 is 0. The number of aromatic nitrogens is 2. The number of amides is 1. The van der Waals surface area contributed by atoms with Crippen molar-refractivity contribution >= 4 is 5.91 Å². The average Bonchev–Trinajstić information content (AvgIpc) is 2.53. The van der Waals surface area contributed by atoms with Crippen molar-refractivity contribution in [1.29, 1.82) is 0 Å². The highest BCUT2D eigenvalue weighted by molar-refractivity contribution is 5.92. The van der Waals surface area contributed by atoms with E-state index >= 15 is 0 Å². The van der Waals surface area contributed by atoms with Gasteiger partial charge in [-0.1, -0.05) is 12.0 Å². The lowest BCUT2D eigenvalue weighted by atomic mass is 10.0. The third kappa shape index (κ3) is 4.90. The van der Waals surface area contributed by atoms with E-state index in [0.29, 0.717) is 11.3 Å². The van der Waals surface area contributed by atoms with E-state index in [1.165, 1.54) is 0 Å². The lowest BCUT2D eigenvalue weighted by molar-refractivity contribution is 0.0407. The number of carbonyl (C=O) groups excluding carboxylic acids is 1. The number of hydrogen-bond acceptors (Lipinski definition) is 4. The smallest absolute Gasteiger partial charge is 0.270 e. The normalized spacial score (nSPS) is 12.0. The molecule has 5 nitrogen and oxygen atoms in total. The van der Waals surface area contributed by atoms with Crippen LogP contribution in [0, 0.1) is 11.8 Å². The number of rotatable bonds is 3. The zero-order chi connectivity index (χ0) is 16.9. The molecule has 0 saturated carbocycles. The van der Waals surface area contributed by atoms with Crippen LogP contribution < -0.4 is 5.32 Å². The lowest BCUT2D eigenvalue weighted by Gasteiger charge is -2.26. The van der Waals surface area contributed by atoms with Crippen molar-refractivity contribution < 1.29 is 9.90 Å². The van der Waals surface area contributed by atoms with Gasteiger partial charge in [0.15, 0.2) is 0 Å². The molecule has 0 radical (unpaired) electrons. The molecule has 1 amide bonds. The first-order chi connectivity index (χ1) is 10.9. The summed E-state index contributed by atoms with van der Waals surface area (Å²) in [5, 5.41) is 12.6. The molecule has 2 N–H and O–H groups in total. The molecule has 0 aliphatic heterocycles. The maximum Gasteiger partial charge on any atom is 0.270 e. The maximum absolute atomic E-state index is 12.1. The summed E-state index contributed by atoms with van der Waals surface area (Å²) < 4.78 is 0. The molecule has 0 unspecified atom stereocenters. The predicted molar refractivity (Wildman–Crippen MR) is 87.7 cm³/mol. The highest BCUT2D eigenvalue weighted by Gasteiger charge is 2.24. The number of nitrogens with one attached hydrogen (secondary N) is 1. The first-order valence-corrected chi connectivity index (χ1v) is 7.28. The molecule has 2 aromatic rings. The van der Waals surface area contributed by atoms with E-state index in [9.17, 15) is 9.90 Å². The van der Waals surface area contributed by atoms with Gasteiger partial charge in [0, 0.05) is 18.0 Å². The molecular weight excluding hydrogens is 290 g/mol. The molecule has 0 bridgehead atoms. The van der Waals surface area contributed by atoms with Crippen molar-refractivity contribution in [3.8, 4) is 11.8 Å². The van der Waals surface area contributed by atoms with E-state index in [-0.39, 0.29) is 17.6 Å². The molecule has 0 saturated heterocycles. The van der Waals surface area contributed by atoms with Gasteiger partial charge in [-0.3, -0.25) is 4.79 Å². The summed E-state index contributed by atoms with van der Waals surface area (Å²) in [7, 11) is 0. The van der Waals surface area contributed by atoms with Crippen molar-refractivity contribution in [2.24, 2.45) is 0 Å². The van der Waals surface area contributed by atoms with Gasteiger partial charge in [-0.25, -0.2) is 9.97 Å². The van der Waals surface area contributed by atoms with Crippen molar-refractivity contribution in [1.82, 2.24) is 15.3 Å². The van der Waals surface area contributed by atoms with Crippen molar-refractivity contribution in [2.75, 3.05) is 0 Å². The van der Waals surface area contributed by atoms with Gasteiger partial charge in [-0.15, -0.1) is 0 Å². The first kappa shape index (κ1) is 16.7. The summed E-state index contributed by atoms with van der Waals surface area (Å²) in [4.78, 5) is 20.3. The molecule has 0 fully saturated rings. The van der Waals surface area contributed by atoms with Crippen LogP contribution in [0.15, 0.2) is 42.7 Å². The van der Waals surface area contributed by atoms with Crippen LogP contribution in [0.2, 0.25) is 0 Å². The Bertz CT molecular complexity index is 723. The van der Waals surface area contributed by atoms with Crippen LogP contribution in [-0.2, 0) is 0 Å². The quantitative estimate of drug-likeness (QED) is 0.847. The summed E-state index contributed by atoms with van der Waals surface area (Å²) in [6.45, 7) is 5.02. The number of aliphatic hydroxyl groups is 1. The van der Waals surface area contributed by atoms with Gasteiger partial charge in [-0.2, -0.15) is 0 Å². The summed E-state index contributed by atoms with van der Waals surface area (Å²) in [6.07, 6.45) is 3.22. The summed E-state index contributed by atoms with van der Waals surface area (Å²) in [5.41, 5.74) is 0.657. The highest BCUT2D eigenvalue weighted by Crippen LogP contribution is 2.08. The van der Waals surface area contributed by atoms with E-state index in [2.05, 4.69) is 27.1 Å². The highest BCUT2D eigenvalue weighted by atomic mass is 16.3. The minimum absolute atomic E-state index is 0.282. The summed E-state index contributed by atoms with van der Waals surface area (Å²) in [6, 6.07) is 8.46. The molecule has 23 heavy (non-hydrogen) atoms. The molecule has 0 aliphatic rings. The Kier molecular flexibility index (Phi) is 5.09. The molecule has 0 spiro atoms. The summed E-state index contributed by atoms with van der Waals surface area (Å²) in [5.74, 6) is 5.54. The van der Waals surface area contributed by atoms with E-state index in [1.54, 1.807) is 45.3 Å². The van der Waals surface area contributed by atoms with E-state index in [4.69, 9.17) is 0 Å². The minimum atomic E-state index is -0.996. The zero-order valence-electron chi connectivity index (χ0n) is 13.4. The van der Waals surface area contributed by atoms with Crippen molar-refractivity contribution in [3.05, 3.63) is 59.7 Å². The fourth-order valence-electron chi connectivity index (χ4n) is 1.62. The van der Waals surface area contributed by atoms with Gasteiger partial charge in [0.05, 0.1) is 11.6 Å². The van der Waals surface area contributed by atoms with Gasteiger partial charge in [0.2, 0.25) is 0 Å². The third-order valence-electron chi connectivity index (χ3n) is 3.40. The molecule has 118 valence electrons. The standard InChI is InChI=1S/C18H19N3O2/c1-13(18(2,3)23)21-17(22)16-10-8-14(12-20-16)7-9-15-6-4-5-11-19-15/h4-6,8,10-13,23H,1-3H3,(H,21,22)/t13-/m1/s1. The second-order valence-corrected chi connectivity index (χ2v) is 5.75. The Balaban J connectivity index is 2.05. The van der Waals surface area contributed by atoms with Crippen LogP contribution >= 0.6 is 0 Å². The van der Waals surface area contributed by atoms with Gasteiger partial charge in [0.25, 0.3) is 5.91 Å². The van der Waals surface area contributed by atoms with Crippen LogP contribution in [0.3, 0.4) is 0 Å². The Labute approximate surface area is 135 Å². The van der Waals surface area contributed by atoms with Gasteiger partial charge >= 0.3 is 0 Å². The number of pyridine rings is 2. The van der Waals surface area contributed by atoms with Gasteiger partial charge < -0.3 is 10.4 Å². The Morgan fingerprint density at radius 1 is 1.22 bits per heavy atom. The number of nitrogens with zero attached hydrogens (tertiary/aromatic N) is 2. The molecule has 1 atom stereocenters. The fraction of sp³-hybridized carbons (Fsp3) is 0.278. The first-order valence-electron chi connectivity index (χ1n) is 7.28. The van der Waals surface area contributed by atoms with Crippen LogP contribution in [0.4, 0.5) is 0 Å². The van der Waals surface area contributed by atoms with Crippen LogP contribution in [-0.4, -0.2) is 32.6 Å². The minimum Gasteiger partial charge on any atom is -0.388 e. The van der Waals surface area contributed by atoms with Gasteiger partial charge in [0.1, 0.15) is 11.4 Å². The SMILES string of the molecule is C[C@@H](NC(=O)c1ccc(C#Cc2ccccn2)cn1)C(C)(C)O. The van der Waals surface area contributed by atoms with Crippen LogP contribution in [0.1, 0.15) is 42.5 Å². The zero-order valence-corrected chi connectivity index (χ0v) is 13.4. The largest absolute Gasteiger partial charge is 0.388 e. The predicted octanol–water partition coefficient (Wildman–Crippen LogP) is 1.77. The maximum atomic E-state index is 12.1. The van der Waals surface area contributed by atoms with Crippen LogP contribution in [0.25, 0.3) is 0 Å². The van der Waals surface area contributed by atoms with Crippen molar-refractivity contribution in [3.63, 3.8) is 0 Å². The topological polar surface area (TPSA) is 75.1 Å². The van der Waals surface area contributed by atoms with E-state index in [0.717, 1.165) is 0 Å². The van der Waals surface area contributed by atoms with Crippen LogP contribution in [0.5, 0.6) is 0 Å².